The second-order valence-corrected chi connectivity index (χ2v) is 6.77. The van der Waals surface area contributed by atoms with Gasteiger partial charge in [0.15, 0.2) is 5.57 Å². The number of ether oxygens (including phenoxy) is 4. The molecule has 27 heavy (non-hydrogen) atoms. The van der Waals surface area contributed by atoms with Crippen molar-refractivity contribution in [3.8, 4) is 0 Å². The third-order valence-corrected chi connectivity index (χ3v) is 5.59. The van der Waals surface area contributed by atoms with Crippen molar-refractivity contribution in [3.63, 3.8) is 0 Å². The SMILES string of the molecule is CCOC(=O)C1=C(OCC)C(=O)OC12OC(=O)c1c(Cl)c(Cl)c(Cl)c(Cl)c12. The van der Waals surface area contributed by atoms with Crippen molar-refractivity contribution in [3.05, 3.63) is 42.5 Å². The summed E-state index contributed by atoms with van der Waals surface area (Å²) in [6.07, 6.45) is 0. The Morgan fingerprint density at radius 2 is 1.52 bits per heavy atom. The number of benzene rings is 1. The second-order valence-electron chi connectivity index (χ2n) is 5.26. The summed E-state index contributed by atoms with van der Waals surface area (Å²) in [6, 6.07) is 0. The van der Waals surface area contributed by atoms with Crippen molar-refractivity contribution in [1.29, 1.82) is 0 Å². The minimum absolute atomic E-state index is 0.0251. The van der Waals surface area contributed by atoms with Crippen molar-refractivity contribution in [2.75, 3.05) is 13.2 Å². The molecule has 2 aliphatic heterocycles. The van der Waals surface area contributed by atoms with E-state index in [0.29, 0.717) is 0 Å². The molecule has 1 unspecified atom stereocenters. The van der Waals surface area contributed by atoms with Crippen molar-refractivity contribution < 1.29 is 33.3 Å². The van der Waals surface area contributed by atoms with Crippen molar-refractivity contribution in [1.82, 2.24) is 0 Å². The van der Waals surface area contributed by atoms with Crippen molar-refractivity contribution >= 4 is 64.3 Å². The fraction of sp³-hybridized carbons (Fsp3) is 0.312. The molecule has 3 rings (SSSR count). The average molecular weight is 456 g/mol. The molecule has 1 spiro atoms. The molecule has 1 atom stereocenters. The molecule has 0 aromatic heterocycles. The first-order chi connectivity index (χ1) is 12.7. The van der Waals surface area contributed by atoms with E-state index in [9.17, 15) is 14.4 Å². The lowest BCUT2D eigenvalue weighted by Crippen LogP contribution is -2.34. The van der Waals surface area contributed by atoms with E-state index in [-0.39, 0.29) is 44.4 Å². The first kappa shape index (κ1) is 20.1. The summed E-state index contributed by atoms with van der Waals surface area (Å²) in [6.45, 7) is 3.14. The molecule has 0 aliphatic carbocycles. The lowest BCUT2D eigenvalue weighted by atomic mass is 9.95. The molecule has 7 nitrogen and oxygen atoms in total. The number of fused-ring (bicyclic) bond motifs is 2. The van der Waals surface area contributed by atoms with Crippen LogP contribution in [0.4, 0.5) is 0 Å². The van der Waals surface area contributed by atoms with E-state index in [0.717, 1.165) is 0 Å². The number of halogens is 4. The van der Waals surface area contributed by atoms with Crippen LogP contribution in [0.1, 0.15) is 29.8 Å². The average Bonchev–Trinajstić information content (AvgIpc) is 3.05. The van der Waals surface area contributed by atoms with Gasteiger partial charge in [0.05, 0.1) is 44.4 Å². The number of rotatable bonds is 4. The van der Waals surface area contributed by atoms with E-state index in [2.05, 4.69) is 0 Å². The van der Waals surface area contributed by atoms with Gasteiger partial charge in [0.1, 0.15) is 0 Å². The van der Waals surface area contributed by atoms with E-state index in [1.54, 1.807) is 13.8 Å². The monoisotopic (exact) mass is 454 g/mol. The highest BCUT2D eigenvalue weighted by atomic mass is 35.5. The Kier molecular flexibility index (Phi) is 5.24. The molecule has 1 aromatic rings. The smallest absolute Gasteiger partial charge is 0.378 e. The zero-order valence-corrected chi connectivity index (χ0v) is 16.8. The Labute approximate surface area is 173 Å². The Hall–Kier alpha value is -1.67. The largest absolute Gasteiger partial charge is 0.486 e. The highest BCUT2D eigenvalue weighted by Crippen LogP contribution is 2.56. The Balaban J connectivity index is 2.37. The van der Waals surface area contributed by atoms with Crippen LogP contribution in [0.25, 0.3) is 0 Å². The lowest BCUT2D eigenvalue weighted by molar-refractivity contribution is -0.186. The quantitative estimate of drug-likeness (QED) is 0.384. The van der Waals surface area contributed by atoms with E-state index in [4.69, 9.17) is 65.4 Å². The van der Waals surface area contributed by atoms with E-state index < -0.39 is 35.0 Å². The maximum Gasteiger partial charge on any atom is 0.378 e. The molecule has 0 fully saturated rings. The Morgan fingerprint density at radius 3 is 2.11 bits per heavy atom. The summed E-state index contributed by atoms with van der Waals surface area (Å²) in [5.41, 5.74) is -0.970. The molecule has 0 N–H and O–H groups in total. The third-order valence-electron chi connectivity index (χ3n) is 3.78. The van der Waals surface area contributed by atoms with Crippen LogP contribution < -0.4 is 0 Å². The predicted octanol–water partition coefficient (Wildman–Crippen LogP) is 4.03. The van der Waals surface area contributed by atoms with Crippen molar-refractivity contribution in [2.24, 2.45) is 0 Å². The van der Waals surface area contributed by atoms with Gasteiger partial charge in [0, 0.05) is 0 Å². The van der Waals surface area contributed by atoms with Gasteiger partial charge in [0.2, 0.25) is 5.76 Å². The summed E-state index contributed by atoms with van der Waals surface area (Å²) in [7, 11) is 0. The van der Waals surface area contributed by atoms with Gasteiger partial charge in [-0.2, -0.15) is 0 Å². The zero-order chi connectivity index (χ0) is 20.1. The number of hydrogen-bond donors (Lipinski definition) is 0. The molecule has 0 amide bonds. The van der Waals surface area contributed by atoms with Gasteiger partial charge in [-0.05, 0) is 13.8 Å². The van der Waals surface area contributed by atoms with Crippen LogP contribution in [-0.4, -0.2) is 31.1 Å². The van der Waals surface area contributed by atoms with Crippen LogP contribution >= 0.6 is 46.4 Å². The first-order valence-corrected chi connectivity index (χ1v) is 9.10. The van der Waals surface area contributed by atoms with Crippen molar-refractivity contribution in [2.45, 2.75) is 19.6 Å². The molecular weight excluding hydrogens is 446 g/mol. The van der Waals surface area contributed by atoms with Gasteiger partial charge in [-0.25, -0.2) is 14.4 Å². The highest BCUT2D eigenvalue weighted by Gasteiger charge is 2.64. The molecule has 2 aliphatic rings. The van der Waals surface area contributed by atoms with Gasteiger partial charge >= 0.3 is 23.7 Å². The lowest BCUT2D eigenvalue weighted by Gasteiger charge is -2.24. The van der Waals surface area contributed by atoms with Gasteiger partial charge < -0.3 is 18.9 Å². The fourth-order valence-corrected chi connectivity index (χ4v) is 3.85. The summed E-state index contributed by atoms with van der Waals surface area (Å²) in [5, 5.41) is -0.915. The number of esters is 3. The van der Waals surface area contributed by atoms with Crippen LogP contribution in [0.3, 0.4) is 0 Å². The highest BCUT2D eigenvalue weighted by molar-refractivity contribution is 6.53. The van der Waals surface area contributed by atoms with Gasteiger partial charge in [-0.3, -0.25) is 0 Å². The fourth-order valence-electron chi connectivity index (χ4n) is 2.80. The molecule has 0 saturated carbocycles. The molecule has 2 heterocycles. The van der Waals surface area contributed by atoms with E-state index >= 15 is 0 Å². The van der Waals surface area contributed by atoms with E-state index in [1.807, 2.05) is 0 Å². The summed E-state index contributed by atoms with van der Waals surface area (Å²) >= 11 is 24.4. The molecule has 0 saturated heterocycles. The predicted molar refractivity (Wildman–Crippen MR) is 95.0 cm³/mol. The maximum absolute atomic E-state index is 12.6. The topological polar surface area (TPSA) is 88.1 Å². The minimum atomic E-state index is -2.34. The summed E-state index contributed by atoms with van der Waals surface area (Å²) < 4.78 is 20.7. The Bertz CT molecular complexity index is 924. The molecule has 0 radical (unpaired) electrons. The summed E-state index contributed by atoms with van der Waals surface area (Å²) in [5.74, 6) is -5.85. The van der Waals surface area contributed by atoms with Gasteiger partial charge in [-0.1, -0.05) is 46.4 Å². The zero-order valence-electron chi connectivity index (χ0n) is 13.8. The number of hydrogen-bond acceptors (Lipinski definition) is 7. The molecule has 1 aromatic carbocycles. The number of carbonyl (C=O) groups excluding carboxylic acids is 3. The van der Waals surface area contributed by atoms with Crippen LogP contribution in [0.2, 0.25) is 20.1 Å². The summed E-state index contributed by atoms with van der Waals surface area (Å²) in [4.78, 5) is 37.4. The molecule has 0 bridgehead atoms. The third kappa shape index (κ3) is 2.76. The van der Waals surface area contributed by atoms with Crippen LogP contribution in [0, 0.1) is 0 Å². The standard InChI is InChI=1S/C16H10Cl4O7/c1-3-24-12-7(14(22)25-4-2)16(27-15(12)23)6-5(13(21)26-16)8(17)10(19)11(20)9(6)18/h3-4H2,1-2H3. The van der Waals surface area contributed by atoms with E-state index in [1.165, 1.54) is 0 Å². The molecular formula is C16H10Cl4O7. The maximum atomic E-state index is 12.6. The first-order valence-electron chi connectivity index (χ1n) is 7.58. The molecule has 11 heteroatoms. The normalized spacial score (nSPS) is 20.7. The van der Waals surface area contributed by atoms with Gasteiger partial charge in [0.25, 0.3) is 0 Å². The van der Waals surface area contributed by atoms with Crippen LogP contribution in [0.5, 0.6) is 0 Å². The second kappa shape index (κ2) is 7.05. The van der Waals surface area contributed by atoms with Crippen LogP contribution in [0.15, 0.2) is 11.3 Å². The Morgan fingerprint density at radius 1 is 0.926 bits per heavy atom. The molecule has 144 valence electrons. The minimum Gasteiger partial charge on any atom is -0.486 e. The number of carbonyl (C=O) groups is 3. The van der Waals surface area contributed by atoms with Crippen LogP contribution in [-0.2, 0) is 34.3 Å². The van der Waals surface area contributed by atoms with Gasteiger partial charge in [-0.15, -0.1) is 0 Å².